The van der Waals surface area contributed by atoms with E-state index in [0.717, 1.165) is 26.6 Å². The number of carbonyl (C=O) groups is 3. The summed E-state index contributed by atoms with van der Waals surface area (Å²) < 4.78 is 5.30. The van der Waals surface area contributed by atoms with Crippen LogP contribution in [0.1, 0.15) is 17.3 Å². The minimum absolute atomic E-state index is 0.0969. The second-order valence-electron chi connectivity index (χ2n) is 9.92. The van der Waals surface area contributed by atoms with Gasteiger partial charge in [-0.25, -0.2) is 9.59 Å². The molecule has 3 amide bonds. The average molecular weight is 640 g/mol. The second kappa shape index (κ2) is 13.6. The number of amides is 3. The number of urea groups is 1. The third kappa shape index (κ3) is 6.47. The Labute approximate surface area is 268 Å². The molecule has 0 fully saturated rings. The quantitative estimate of drug-likeness (QED) is 0.149. The zero-order chi connectivity index (χ0) is 30.5. The number of nitrogens with one attached hydrogen (secondary N) is 2. The van der Waals surface area contributed by atoms with Crippen molar-refractivity contribution in [3.63, 3.8) is 0 Å². The highest BCUT2D eigenvalue weighted by molar-refractivity contribution is 8.00. The predicted molar refractivity (Wildman–Crippen MR) is 181 cm³/mol. The first-order chi connectivity index (χ1) is 21.5. The fourth-order valence-corrected chi connectivity index (χ4v) is 8.06. The number of thioether (sulfide) groups is 2. The van der Waals surface area contributed by atoms with Gasteiger partial charge in [0.25, 0.3) is 0 Å². The van der Waals surface area contributed by atoms with Gasteiger partial charge in [-0.05, 0) is 42.8 Å². The fourth-order valence-electron chi connectivity index (χ4n) is 5.07. The van der Waals surface area contributed by atoms with Gasteiger partial charge in [0, 0.05) is 26.4 Å². The molecule has 2 atom stereocenters. The summed E-state index contributed by atoms with van der Waals surface area (Å²) in [6, 6.07) is 24.6. The SMILES string of the molecule is CCOC(=O)c1c(-c2ccccc2)csc1NC(=O)CSc1cccc(NC(=O)N2c3ccccc3SC3C=CC=CC32)c1. The summed E-state index contributed by atoms with van der Waals surface area (Å²) in [7, 11) is 0. The zero-order valence-electron chi connectivity index (χ0n) is 23.8. The van der Waals surface area contributed by atoms with E-state index in [0.29, 0.717) is 16.3 Å². The molecule has 2 N–H and O–H groups in total. The van der Waals surface area contributed by atoms with Crippen LogP contribution in [0.5, 0.6) is 0 Å². The lowest BCUT2D eigenvalue weighted by molar-refractivity contribution is -0.113. The van der Waals surface area contributed by atoms with Crippen LogP contribution < -0.4 is 15.5 Å². The van der Waals surface area contributed by atoms with E-state index in [9.17, 15) is 14.4 Å². The number of benzene rings is 3. The van der Waals surface area contributed by atoms with Crippen molar-refractivity contribution in [3.05, 3.63) is 114 Å². The summed E-state index contributed by atoms with van der Waals surface area (Å²) >= 11 is 4.40. The largest absolute Gasteiger partial charge is 0.462 e. The number of fused-ring (bicyclic) bond motifs is 2. The van der Waals surface area contributed by atoms with Gasteiger partial charge in [0.05, 0.1) is 29.3 Å². The lowest BCUT2D eigenvalue weighted by Gasteiger charge is -2.40. The van der Waals surface area contributed by atoms with Gasteiger partial charge in [-0.15, -0.1) is 34.9 Å². The first kappa shape index (κ1) is 29.8. The Balaban J connectivity index is 1.13. The molecule has 1 aliphatic heterocycles. The molecule has 222 valence electrons. The maximum absolute atomic E-state index is 13.6. The molecule has 2 heterocycles. The predicted octanol–water partition coefficient (Wildman–Crippen LogP) is 8.33. The Hall–Kier alpha value is -4.25. The van der Waals surface area contributed by atoms with Gasteiger partial charge in [-0.2, -0.15) is 0 Å². The van der Waals surface area contributed by atoms with Crippen molar-refractivity contribution in [2.75, 3.05) is 27.9 Å². The molecular formula is C34H29N3O4S3. The Morgan fingerprint density at radius 1 is 0.932 bits per heavy atom. The lowest BCUT2D eigenvalue weighted by Crippen LogP contribution is -2.49. The van der Waals surface area contributed by atoms with Crippen LogP contribution in [0.4, 0.5) is 21.2 Å². The molecule has 0 radical (unpaired) electrons. The van der Waals surface area contributed by atoms with Crippen LogP contribution >= 0.6 is 34.9 Å². The van der Waals surface area contributed by atoms with Gasteiger partial charge in [-0.3, -0.25) is 9.69 Å². The number of hydrogen-bond acceptors (Lipinski definition) is 7. The van der Waals surface area contributed by atoms with Crippen LogP contribution in [-0.2, 0) is 9.53 Å². The number of allylic oxidation sites excluding steroid dienone is 2. The maximum atomic E-state index is 13.6. The molecular weight excluding hydrogens is 611 g/mol. The molecule has 2 unspecified atom stereocenters. The second-order valence-corrected chi connectivity index (χ2v) is 13.1. The third-order valence-corrected chi connectivity index (χ3v) is 10.2. The number of esters is 1. The molecule has 3 aromatic carbocycles. The molecule has 7 nitrogen and oxygen atoms in total. The molecule has 2 aliphatic rings. The van der Waals surface area contributed by atoms with Crippen LogP contribution in [0.2, 0.25) is 0 Å². The van der Waals surface area contributed by atoms with E-state index >= 15 is 0 Å². The summed E-state index contributed by atoms with van der Waals surface area (Å²) in [6.07, 6.45) is 8.18. The molecule has 0 bridgehead atoms. The van der Waals surface area contributed by atoms with E-state index in [1.54, 1.807) is 18.7 Å². The highest BCUT2D eigenvalue weighted by Crippen LogP contribution is 2.44. The van der Waals surface area contributed by atoms with Crippen molar-refractivity contribution in [2.45, 2.75) is 28.0 Å². The number of ether oxygens (including phenoxy) is 1. The van der Waals surface area contributed by atoms with Gasteiger partial charge < -0.3 is 15.4 Å². The molecule has 0 saturated carbocycles. The van der Waals surface area contributed by atoms with Crippen molar-refractivity contribution in [2.24, 2.45) is 0 Å². The standard InChI is InChI=1S/C34H29N3O4S3/c1-2-41-33(39)31-25(22-11-4-3-5-12-22)20-43-32(31)36-30(38)21-42-24-14-10-13-23(19-24)35-34(40)37-26-15-6-8-17-28(26)44-29-18-9-7-16-27(29)37/h3-20,26,28H,2,21H2,1H3,(H,35,40)(H,36,38). The Morgan fingerprint density at radius 2 is 1.73 bits per heavy atom. The van der Waals surface area contributed by atoms with E-state index in [1.807, 2.05) is 101 Å². The van der Waals surface area contributed by atoms with E-state index in [2.05, 4.69) is 22.8 Å². The summed E-state index contributed by atoms with van der Waals surface area (Å²) in [5, 5.41) is 8.42. The molecule has 6 rings (SSSR count). The van der Waals surface area contributed by atoms with Crippen molar-refractivity contribution in [1.82, 2.24) is 0 Å². The van der Waals surface area contributed by atoms with E-state index < -0.39 is 5.97 Å². The number of carbonyl (C=O) groups excluding carboxylic acids is 3. The number of para-hydroxylation sites is 1. The average Bonchev–Trinajstić information content (AvgIpc) is 3.46. The zero-order valence-corrected chi connectivity index (χ0v) is 26.2. The summed E-state index contributed by atoms with van der Waals surface area (Å²) in [6.45, 7) is 1.99. The van der Waals surface area contributed by atoms with Crippen molar-refractivity contribution >= 4 is 69.1 Å². The number of hydrogen-bond donors (Lipinski definition) is 2. The number of anilines is 3. The Morgan fingerprint density at radius 3 is 2.57 bits per heavy atom. The van der Waals surface area contributed by atoms with Gasteiger partial charge in [-0.1, -0.05) is 72.8 Å². The first-order valence-electron chi connectivity index (χ1n) is 14.1. The van der Waals surface area contributed by atoms with Crippen molar-refractivity contribution in [1.29, 1.82) is 0 Å². The molecule has 44 heavy (non-hydrogen) atoms. The van der Waals surface area contributed by atoms with Crippen LogP contribution in [0.25, 0.3) is 11.1 Å². The number of rotatable bonds is 8. The van der Waals surface area contributed by atoms with Crippen LogP contribution in [0.15, 0.2) is 118 Å². The first-order valence-corrected chi connectivity index (χ1v) is 16.8. The monoisotopic (exact) mass is 639 g/mol. The Bertz CT molecular complexity index is 1750. The van der Waals surface area contributed by atoms with Crippen LogP contribution in [-0.4, -0.2) is 41.6 Å². The highest BCUT2D eigenvalue weighted by atomic mass is 32.2. The Kier molecular flexibility index (Phi) is 9.20. The normalized spacial score (nSPS) is 16.5. The third-order valence-electron chi connectivity index (χ3n) is 7.03. The number of thiophene rings is 1. The van der Waals surface area contributed by atoms with Gasteiger partial charge in [0.15, 0.2) is 0 Å². The topological polar surface area (TPSA) is 87.7 Å². The van der Waals surface area contributed by atoms with E-state index in [4.69, 9.17) is 4.74 Å². The highest BCUT2D eigenvalue weighted by Gasteiger charge is 2.36. The van der Waals surface area contributed by atoms with Gasteiger partial charge in [0.1, 0.15) is 10.6 Å². The van der Waals surface area contributed by atoms with Crippen molar-refractivity contribution in [3.8, 4) is 11.1 Å². The minimum Gasteiger partial charge on any atom is -0.462 e. The maximum Gasteiger partial charge on any atom is 0.341 e. The van der Waals surface area contributed by atoms with E-state index in [1.165, 1.54) is 23.1 Å². The van der Waals surface area contributed by atoms with Gasteiger partial charge in [0.2, 0.25) is 5.91 Å². The summed E-state index contributed by atoms with van der Waals surface area (Å²) in [5.74, 6) is -0.599. The van der Waals surface area contributed by atoms with Crippen molar-refractivity contribution < 1.29 is 19.1 Å². The summed E-state index contributed by atoms with van der Waals surface area (Å²) in [5.41, 5.74) is 3.47. The van der Waals surface area contributed by atoms with Crippen LogP contribution in [0, 0.1) is 0 Å². The molecule has 4 aromatic rings. The van der Waals surface area contributed by atoms with Crippen LogP contribution in [0.3, 0.4) is 0 Å². The molecule has 1 aliphatic carbocycles. The molecule has 0 spiro atoms. The molecule has 1 aromatic heterocycles. The molecule has 0 saturated heterocycles. The molecule has 10 heteroatoms. The fraction of sp³-hybridized carbons (Fsp3) is 0.147. The van der Waals surface area contributed by atoms with Gasteiger partial charge >= 0.3 is 12.0 Å². The minimum atomic E-state index is -0.472. The smallest absolute Gasteiger partial charge is 0.341 e. The van der Waals surface area contributed by atoms with E-state index in [-0.39, 0.29) is 35.6 Å². The number of nitrogens with zero attached hydrogens (tertiary/aromatic N) is 1. The summed E-state index contributed by atoms with van der Waals surface area (Å²) in [4.78, 5) is 43.2. The lowest BCUT2D eigenvalue weighted by atomic mass is 10.0.